The minimum absolute atomic E-state index is 0. The van der Waals surface area contributed by atoms with Crippen molar-refractivity contribution in [2.24, 2.45) is 5.73 Å². The van der Waals surface area contributed by atoms with E-state index in [1.54, 1.807) is 12.1 Å². The molecule has 4 N–H and O–H groups in total. The Bertz CT molecular complexity index is 768. The van der Waals surface area contributed by atoms with Crippen LogP contribution in [0.3, 0.4) is 0 Å². The van der Waals surface area contributed by atoms with Crippen molar-refractivity contribution in [2.75, 3.05) is 6.54 Å². The van der Waals surface area contributed by atoms with Crippen LogP contribution in [0.15, 0.2) is 18.2 Å². The van der Waals surface area contributed by atoms with Crippen molar-refractivity contribution < 1.29 is 19.2 Å². The normalized spacial score (nSPS) is 19.1. The van der Waals surface area contributed by atoms with Gasteiger partial charge in [-0.1, -0.05) is 12.1 Å². The van der Waals surface area contributed by atoms with E-state index in [2.05, 4.69) is 10.6 Å². The third-order valence-electron chi connectivity index (χ3n) is 4.76. The Morgan fingerprint density at radius 1 is 1.26 bits per heavy atom. The summed E-state index contributed by atoms with van der Waals surface area (Å²) in [6.45, 7) is 1.36. The highest BCUT2D eigenvalue weighted by molar-refractivity contribution is 6.05. The Hall–Kier alpha value is -2.29. The summed E-state index contributed by atoms with van der Waals surface area (Å²) in [6, 6.07) is 4.97. The highest BCUT2D eigenvalue weighted by atomic mass is 35.5. The number of fused-ring (bicyclic) bond motifs is 1. The van der Waals surface area contributed by atoms with Crippen LogP contribution in [0, 0.1) is 0 Å². The molecule has 3 rings (SSSR count). The van der Waals surface area contributed by atoms with E-state index in [0.29, 0.717) is 44.5 Å². The predicted octanol–water partition coefficient (Wildman–Crippen LogP) is 0.225. The number of nitrogens with zero attached hydrogens (tertiary/aromatic N) is 1. The van der Waals surface area contributed by atoms with E-state index in [-0.39, 0.29) is 42.6 Å². The van der Waals surface area contributed by atoms with Crippen molar-refractivity contribution in [3.8, 4) is 0 Å². The molecule has 1 aromatic carbocycles. The highest BCUT2D eigenvalue weighted by Gasteiger charge is 2.36. The first-order valence-electron chi connectivity index (χ1n) is 8.72. The molecule has 0 saturated carbocycles. The number of hydrogen-bond donors (Lipinski definition) is 3. The summed E-state index contributed by atoms with van der Waals surface area (Å²) >= 11 is 0. The predicted molar refractivity (Wildman–Crippen MR) is 99.9 cm³/mol. The number of piperidine rings is 1. The third kappa shape index (κ3) is 4.71. The molecule has 1 aromatic rings. The number of halogens is 1. The zero-order chi connectivity index (χ0) is 18.7. The largest absolute Gasteiger partial charge is 0.330 e. The van der Waals surface area contributed by atoms with Crippen LogP contribution in [0.4, 0.5) is 0 Å². The molecule has 2 heterocycles. The van der Waals surface area contributed by atoms with Gasteiger partial charge >= 0.3 is 0 Å². The van der Waals surface area contributed by atoms with Crippen molar-refractivity contribution in [1.82, 2.24) is 15.5 Å². The molecule has 0 aliphatic carbocycles. The van der Waals surface area contributed by atoms with Gasteiger partial charge in [0.05, 0.1) is 6.04 Å². The van der Waals surface area contributed by atoms with E-state index in [0.717, 1.165) is 11.1 Å². The fraction of sp³-hybridized carbons (Fsp3) is 0.444. The van der Waals surface area contributed by atoms with E-state index in [4.69, 9.17) is 5.73 Å². The molecule has 146 valence electrons. The number of benzene rings is 1. The zero-order valence-corrected chi connectivity index (χ0v) is 15.6. The summed E-state index contributed by atoms with van der Waals surface area (Å²) in [7, 11) is 0. The standard InChI is InChI=1S/C18H22N4O4.ClH/c19-8-2-5-15(23)20-17(25)12-4-1-3-11-9-22(10-13(11)12)14-6-7-16(24)21-18(14)26;/h1,3-4,14H,2,5-10,19H2,(H,20,23,25)(H,21,24,26);1H. The maximum absolute atomic E-state index is 12.5. The van der Waals surface area contributed by atoms with Crippen LogP contribution in [-0.4, -0.2) is 41.1 Å². The lowest BCUT2D eigenvalue weighted by molar-refractivity contribution is -0.137. The molecule has 2 aliphatic heterocycles. The van der Waals surface area contributed by atoms with Crippen molar-refractivity contribution in [2.45, 2.75) is 44.8 Å². The lowest BCUT2D eigenvalue weighted by atomic mass is 10.0. The molecule has 0 spiro atoms. The van der Waals surface area contributed by atoms with E-state index in [9.17, 15) is 19.2 Å². The molecule has 9 heteroatoms. The Labute approximate surface area is 163 Å². The second-order valence-corrected chi connectivity index (χ2v) is 6.58. The fourth-order valence-electron chi connectivity index (χ4n) is 3.43. The van der Waals surface area contributed by atoms with Crippen LogP contribution in [0.1, 0.15) is 47.2 Å². The maximum atomic E-state index is 12.5. The summed E-state index contributed by atoms with van der Waals surface area (Å²) in [6.07, 6.45) is 1.51. The lowest BCUT2D eigenvalue weighted by Crippen LogP contribution is -2.50. The van der Waals surface area contributed by atoms with Crippen LogP contribution >= 0.6 is 12.4 Å². The van der Waals surface area contributed by atoms with Gasteiger partial charge in [0.2, 0.25) is 17.7 Å². The topological polar surface area (TPSA) is 122 Å². The number of imide groups is 2. The van der Waals surface area contributed by atoms with Gasteiger partial charge in [0.1, 0.15) is 0 Å². The summed E-state index contributed by atoms with van der Waals surface area (Å²) in [5.74, 6) is -1.33. The molecule has 1 fully saturated rings. The fourth-order valence-corrected chi connectivity index (χ4v) is 3.43. The first-order chi connectivity index (χ1) is 12.5. The Morgan fingerprint density at radius 3 is 2.74 bits per heavy atom. The molecule has 1 saturated heterocycles. The van der Waals surface area contributed by atoms with Crippen LogP contribution in [0.2, 0.25) is 0 Å². The van der Waals surface area contributed by atoms with E-state index in [1.165, 1.54) is 0 Å². The number of rotatable bonds is 5. The first kappa shape index (κ1) is 21.0. The number of hydrogen-bond acceptors (Lipinski definition) is 6. The SMILES string of the molecule is Cl.NCCCC(=O)NC(=O)c1cccc2c1CN(C1CCC(=O)NC1=O)C2. The maximum Gasteiger partial charge on any atom is 0.258 e. The van der Waals surface area contributed by atoms with E-state index < -0.39 is 5.91 Å². The molecule has 4 amide bonds. The van der Waals surface area contributed by atoms with Crippen LogP contribution < -0.4 is 16.4 Å². The monoisotopic (exact) mass is 394 g/mol. The van der Waals surface area contributed by atoms with Gasteiger partial charge in [-0.05, 0) is 36.6 Å². The minimum atomic E-state index is -0.436. The van der Waals surface area contributed by atoms with Gasteiger partial charge in [0.25, 0.3) is 5.91 Å². The smallest absolute Gasteiger partial charge is 0.258 e. The van der Waals surface area contributed by atoms with Crippen LogP contribution in [-0.2, 0) is 27.5 Å². The molecule has 1 atom stereocenters. The Morgan fingerprint density at radius 2 is 2.04 bits per heavy atom. The summed E-state index contributed by atoms with van der Waals surface area (Å²) in [5, 5.41) is 4.76. The zero-order valence-electron chi connectivity index (χ0n) is 14.8. The third-order valence-corrected chi connectivity index (χ3v) is 4.76. The van der Waals surface area contributed by atoms with Gasteiger partial charge in [-0.15, -0.1) is 12.4 Å². The minimum Gasteiger partial charge on any atom is -0.330 e. The van der Waals surface area contributed by atoms with Gasteiger partial charge in [-0.3, -0.25) is 34.7 Å². The van der Waals surface area contributed by atoms with Crippen LogP contribution in [0.25, 0.3) is 0 Å². The number of nitrogens with two attached hydrogens (primary N) is 1. The Kier molecular flexibility index (Phi) is 7.06. The number of nitrogens with one attached hydrogen (secondary N) is 2. The van der Waals surface area contributed by atoms with Gasteiger partial charge < -0.3 is 5.73 Å². The molecule has 0 aromatic heterocycles. The first-order valence-corrected chi connectivity index (χ1v) is 8.72. The quantitative estimate of drug-likeness (QED) is 0.614. The second kappa shape index (κ2) is 9.07. The summed E-state index contributed by atoms with van der Waals surface area (Å²) < 4.78 is 0. The molecule has 8 nitrogen and oxygen atoms in total. The Balaban J connectivity index is 0.00000261. The molecule has 27 heavy (non-hydrogen) atoms. The van der Waals surface area contributed by atoms with Crippen molar-refractivity contribution >= 4 is 36.0 Å². The molecule has 1 unspecified atom stereocenters. The van der Waals surface area contributed by atoms with Crippen LogP contribution in [0.5, 0.6) is 0 Å². The summed E-state index contributed by atoms with van der Waals surface area (Å²) in [4.78, 5) is 49.6. The average Bonchev–Trinajstić information content (AvgIpc) is 3.03. The van der Waals surface area contributed by atoms with Crippen molar-refractivity contribution in [1.29, 1.82) is 0 Å². The van der Waals surface area contributed by atoms with Gasteiger partial charge in [-0.25, -0.2) is 0 Å². The van der Waals surface area contributed by atoms with E-state index in [1.807, 2.05) is 11.0 Å². The molecular formula is C18H23ClN4O4. The van der Waals surface area contributed by atoms with Gasteiger partial charge in [0.15, 0.2) is 0 Å². The van der Waals surface area contributed by atoms with Crippen molar-refractivity contribution in [3.63, 3.8) is 0 Å². The summed E-state index contributed by atoms with van der Waals surface area (Å²) in [5.41, 5.74) is 7.59. The highest BCUT2D eigenvalue weighted by Crippen LogP contribution is 2.29. The number of carbonyl (C=O) groups excluding carboxylic acids is 4. The molecule has 0 radical (unpaired) electrons. The lowest BCUT2D eigenvalue weighted by Gasteiger charge is -2.29. The molecular weight excluding hydrogens is 372 g/mol. The van der Waals surface area contributed by atoms with Gasteiger partial charge in [-0.2, -0.15) is 0 Å². The number of amides is 4. The number of carbonyl (C=O) groups is 4. The van der Waals surface area contributed by atoms with Crippen molar-refractivity contribution in [3.05, 3.63) is 34.9 Å². The second-order valence-electron chi connectivity index (χ2n) is 6.58. The van der Waals surface area contributed by atoms with Gasteiger partial charge in [0, 0.05) is 31.5 Å². The average molecular weight is 395 g/mol. The molecule has 0 bridgehead atoms. The van der Waals surface area contributed by atoms with E-state index >= 15 is 0 Å². The molecule has 2 aliphatic rings.